The first-order chi connectivity index (χ1) is 12.7. The molecule has 142 valence electrons. The Bertz CT molecular complexity index is 819. The molecule has 0 radical (unpaired) electrons. The highest BCUT2D eigenvalue weighted by Gasteiger charge is 2.36. The molecule has 4 nitrogen and oxygen atoms in total. The third kappa shape index (κ3) is 4.58. The van der Waals surface area contributed by atoms with Gasteiger partial charge < -0.3 is 9.84 Å². The largest absolute Gasteiger partial charge is 0.443 e. The summed E-state index contributed by atoms with van der Waals surface area (Å²) in [6, 6.07) is 18.0. The maximum absolute atomic E-state index is 12.8. The Hall–Kier alpha value is -2.59. The van der Waals surface area contributed by atoms with Gasteiger partial charge in [0.1, 0.15) is 11.8 Å². The SMILES string of the molecule is Cc1ccc(C2=C[C@H](c3ccccc3)C[C@H](O)N2C(=O)OC(C)(C)C)cc1. The summed E-state index contributed by atoms with van der Waals surface area (Å²) in [7, 11) is 0. The van der Waals surface area contributed by atoms with E-state index in [0.29, 0.717) is 12.1 Å². The van der Waals surface area contributed by atoms with Crippen LogP contribution in [0, 0.1) is 6.92 Å². The van der Waals surface area contributed by atoms with Crippen LogP contribution >= 0.6 is 0 Å². The molecule has 0 unspecified atom stereocenters. The third-order valence-corrected chi connectivity index (χ3v) is 4.55. The van der Waals surface area contributed by atoms with Crippen LogP contribution < -0.4 is 0 Å². The summed E-state index contributed by atoms with van der Waals surface area (Å²) in [5.74, 6) is 0.0242. The summed E-state index contributed by atoms with van der Waals surface area (Å²) in [6.07, 6.45) is 0.995. The monoisotopic (exact) mass is 365 g/mol. The van der Waals surface area contributed by atoms with Crippen LogP contribution in [0.15, 0.2) is 60.7 Å². The minimum Gasteiger partial charge on any atom is -0.443 e. The number of ether oxygens (including phenoxy) is 1. The molecule has 0 aromatic heterocycles. The molecule has 2 aromatic carbocycles. The molecule has 2 aromatic rings. The fourth-order valence-corrected chi connectivity index (χ4v) is 3.26. The summed E-state index contributed by atoms with van der Waals surface area (Å²) in [6.45, 7) is 7.49. The van der Waals surface area contributed by atoms with Crippen LogP contribution in [0.1, 0.15) is 49.8 Å². The second-order valence-corrected chi connectivity index (χ2v) is 8.00. The minimum atomic E-state index is -0.952. The molecule has 0 spiro atoms. The fraction of sp³-hybridized carbons (Fsp3) is 0.348. The van der Waals surface area contributed by atoms with E-state index in [-0.39, 0.29) is 5.92 Å². The quantitative estimate of drug-likeness (QED) is 0.807. The van der Waals surface area contributed by atoms with Gasteiger partial charge in [-0.2, -0.15) is 0 Å². The van der Waals surface area contributed by atoms with Crippen LogP contribution in [0.5, 0.6) is 0 Å². The molecule has 0 aliphatic carbocycles. The van der Waals surface area contributed by atoms with Crippen molar-refractivity contribution in [1.29, 1.82) is 0 Å². The predicted octanol–water partition coefficient (Wildman–Crippen LogP) is 5.08. The van der Waals surface area contributed by atoms with Gasteiger partial charge in [0.15, 0.2) is 0 Å². The van der Waals surface area contributed by atoms with Gasteiger partial charge in [0.05, 0.1) is 5.70 Å². The zero-order chi connectivity index (χ0) is 19.6. The normalized spacial score (nSPS) is 20.2. The molecule has 1 aliphatic rings. The van der Waals surface area contributed by atoms with E-state index in [1.165, 1.54) is 4.90 Å². The Kier molecular flexibility index (Phi) is 5.38. The zero-order valence-corrected chi connectivity index (χ0v) is 16.3. The molecule has 0 fully saturated rings. The van der Waals surface area contributed by atoms with Crippen molar-refractivity contribution in [2.45, 2.75) is 51.9 Å². The topological polar surface area (TPSA) is 49.8 Å². The number of rotatable bonds is 2. The first-order valence-corrected chi connectivity index (χ1v) is 9.29. The molecule has 0 bridgehead atoms. The first-order valence-electron chi connectivity index (χ1n) is 9.29. The lowest BCUT2D eigenvalue weighted by Gasteiger charge is -2.37. The zero-order valence-electron chi connectivity index (χ0n) is 16.3. The molecular weight excluding hydrogens is 338 g/mol. The number of carbonyl (C=O) groups excluding carboxylic acids is 1. The van der Waals surface area contributed by atoms with Gasteiger partial charge in [-0.1, -0.05) is 66.2 Å². The fourth-order valence-electron chi connectivity index (χ4n) is 3.26. The van der Waals surface area contributed by atoms with Gasteiger partial charge in [0.25, 0.3) is 0 Å². The van der Waals surface area contributed by atoms with Crippen molar-refractivity contribution in [1.82, 2.24) is 4.90 Å². The number of benzene rings is 2. The number of aryl methyl sites for hydroxylation is 1. The van der Waals surface area contributed by atoms with E-state index in [9.17, 15) is 9.90 Å². The third-order valence-electron chi connectivity index (χ3n) is 4.55. The number of hydrogen-bond donors (Lipinski definition) is 1. The van der Waals surface area contributed by atoms with Gasteiger partial charge in [-0.25, -0.2) is 4.79 Å². The molecular formula is C23H27NO3. The number of carbonyl (C=O) groups is 1. The Labute approximate surface area is 161 Å². The van der Waals surface area contributed by atoms with Crippen molar-refractivity contribution < 1.29 is 14.6 Å². The highest BCUT2D eigenvalue weighted by atomic mass is 16.6. The van der Waals surface area contributed by atoms with Crippen molar-refractivity contribution in [3.05, 3.63) is 77.4 Å². The van der Waals surface area contributed by atoms with Crippen molar-refractivity contribution in [2.24, 2.45) is 0 Å². The molecule has 3 rings (SSSR count). The van der Waals surface area contributed by atoms with Crippen LogP contribution in [0.4, 0.5) is 4.79 Å². The summed E-state index contributed by atoms with van der Waals surface area (Å²) in [5.41, 5.74) is 3.18. The second kappa shape index (κ2) is 7.57. The molecule has 0 saturated carbocycles. The van der Waals surface area contributed by atoms with Crippen molar-refractivity contribution in [2.75, 3.05) is 0 Å². The van der Waals surface area contributed by atoms with Crippen LogP contribution in [-0.2, 0) is 4.74 Å². The number of aliphatic hydroxyl groups is 1. The lowest BCUT2D eigenvalue weighted by molar-refractivity contribution is -0.0134. The van der Waals surface area contributed by atoms with E-state index < -0.39 is 17.9 Å². The standard InChI is InChI=1S/C23H27NO3/c1-16-10-12-18(13-11-16)20-14-19(17-8-6-5-7-9-17)15-21(25)24(20)22(26)27-23(2,3)4/h5-14,19,21,25H,15H2,1-4H3/t19-,21-/m0/s1. The molecule has 0 saturated heterocycles. The van der Waals surface area contributed by atoms with Crippen molar-refractivity contribution in [3.8, 4) is 0 Å². The van der Waals surface area contributed by atoms with Gasteiger partial charge in [-0.05, 0) is 38.8 Å². The van der Waals surface area contributed by atoms with Crippen LogP contribution in [0.25, 0.3) is 5.70 Å². The molecule has 1 aliphatic heterocycles. The van der Waals surface area contributed by atoms with Crippen LogP contribution in [0.3, 0.4) is 0 Å². The molecule has 2 atom stereocenters. The second-order valence-electron chi connectivity index (χ2n) is 8.00. The van der Waals surface area contributed by atoms with Crippen molar-refractivity contribution >= 4 is 11.8 Å². The Morgan fingerprint density at radius 3 is 2.30 bits per heavy atom. The van der Waals surface area contributed by atoms with Crippen LogP contribution in [-0.4, -0.2) is 27.9 Å². The number of allylic oxidation sites excluding steroid dienone is 1. The molecule has 1 amide bonds. The van der Waals surface area contributed by atoms with Gasteiger partial charge in [-0.15, -0.1) is 0 Å². The van der Waals surface area contributed by atoms with Gasteiger partial charge in [-0.3, -0.25) is 4.90 Å². The highest BCUT2D eigenvalue weighted by Crippen LogP contribution is 2.37. The lowest BCUT2D eigenvalue weighted by atomic mass is 9.89. The number of hydrogen-bond acceptors (Lipinski definition) is 3. The smallest absolute Gasteiger partial charge is 0.416 e. The summed E-state index contributed by atoms with van der Waals surface area (Å²) >= 11 is 0. The lowest BCUT2D eigenvalue weighted by Crippen LogP contribution is -2.44. The summed E-state index contributed by atoms with van der Waals surface area (Å²) in [4.78, 5) is 14.2. The molecule has 27 heavy (non-hydrogen) atoms. The molecule has 1 heterocycles. The van der Waals surface area contributed by atoms with Crippen LogP contribution in [0.2, 0.25) is 0 Å². The number of amides is 1. The molecule has 4 heteroatoms. The predicted molar refractivity (Wildman–Crippen MR) is 107 cm³/mol. The average Bonchev–Trinajstić information content (AvgIpc) is 2.61. The van der Waals surface area contributed by atoms with Crippen molar-refractivity contribution in [3.63, 3.8) is 0 Å². The van der Waals surface area contributed by atoms with E-state index in [1.54, 1.807) is 0 Å². The minimum absolute atomic E-state index is 0.0242. The number of nitrogens with zero attached hydrogens (tertiary/aromatic N) is 1. The van der Waals surface area contributed by atoms with E-state index >= 15 is 0 Å². The number of aliphatic hydroxyl groups excluding tert-OH is 1. The summed E-state index contributed by atoms with van der Waals surface area (Å²) in [5, 5.41) is 10.8. The van der Waals surface area contributed by atoms with E-state index in [2.05, 4.69) is 6.08 Å². The van der Waals surface area contributed by atoms with E-state index in [0.717, 1.165) is 16.7 Å². The van der Waals surface area contributed by atoms with Gasteiger partial charge >= 0.3 is 6.09 Å². The van der Waals surface area contributed by atoms with Gasteiger partial charge in [0, 0.05) is 12.3 Å². The summed E-state index contributed by atoms with van der Waals surface area (Å²) < 4.78 is 5.55. The van der Waals surface area contributed by atoms with Gasteiger partial charge in [0.2, 0.25) is 0 Å². The maximum Gasteiger partial charge on any atom is 0.416 e. The Balaban J connectivity index is 2.03. The average molecular weight is 365 g/mol. The van der Waals surface area contributed by atoms with E-state index in [4.69, 9.17) is 4.74 Å². The Morgan fingerprint density at radius 2 is 1.70 bits per heavy atom. The Morgan fingerprint density at radius 1 is 1.07 bits per heavy atom. The maximum atomic E-state index is 12.8. The molecule has 1 N–H and O–H groups in total. The van der Waals surface area contributed by atoms with E-state index in [1.807, 2.05) is 82.3 Å². The first kappa shape index (κ1) is 19.2. The highest BCUT2D eigenvalue weighted by molar-refractivity contribution is 5.83.